The summed E-state index contributed by atoms with van der Waals surface area (Å²) in [6, 6.07) is 0.184. The van der Waals surface area contributed by atoms with Gasteiger partial charge in [-0.25, -0.2) is 15.8 Å². The standard InChI is InChI=1S/C11H17N5O/c1-7(4-8-2-3-8)15-11(17)9-5-14-10(16-12)6-13-9/h5-8H,2-4,12H2,1H3,(H,14,16)(H,15,17). The molecule has 1 amide bonds. The molecule has 0 saturated heterocycles. The van der Waals surface area contributed by atoms with Gasteiger partial charge >= 0.3 is 0 Å². The highest BCUT2D eigenvalue weighted by atomic mass is 16.1. The molecule has 1 atom stereocenters. The van der Waals surface area contributed by atoms with Gasteiger partial charge in [0, 0.05) is 6.04 Å². The van der Waals surface area contributed by atoms with Crippen molar-refractivity contribution in [1.82, 2.24) is 15.3 Å². The summed E-state index contributed by atoms with van der Waals surface area (Å²) < 4.78 is 0. The average Bonchev–Trinajstić information content (AvgIpc) is 3.12. The maximum Gasteiger partial charge on any atom is 0.271 e. The van der Waals surface area contributed by atoms with Crippen LogP contribution in [0.4, 0.5) is 5.82 Å². The maximum absolute atomic E-state index is 11.8. The zero-order valence-corrected chi connectivity index (χ0v) is 9.81. The minimum absolute atomic E-state index is 0.184. The van der Waals surface area contributed by atoms with E-state index in [1.165, 1.54) is 25.2 Å². The molecule has 0 spiro atoms. The van der Waals surface area contributed by atoms with E-state index in [1.807, 2.05) is 6.92 Å². The van der Waals surface area contributed by atoms with Crippen LogP contribution in [0.5, 0.6) is 0 Å². The highest BCUT2D eigenvalue weighted by molar-refractivity contribution is 5.92. The van der Waals surface area contributed by atoms with Crippen LogP contribution in [0.25, 0.3) is 0 Å². The number of nitrogens with two attached hydrogens (primary N) is 1. The van der Waals surface area contributed by atoms with Gasteiger partial charge in [-0.3, -0.25) is 4.79 Å². The van der Waals surface area contributed by atoms with Gasteiger partial charge in [-0.2, -0.15) is 0 Å². The van der Waals surface area contributed by atoms with Crippen molar-refractivity contribution in [3.8, 4) is 0 Å². The highest BCUT2D eigenvalue weighted by Crippen LogP contribution is 2.33. The van der Waals surface area contributed by atoms with E-state index in [9.17, 15) is 4.79 Å². The number of nitrogen functional groups attached to an aromatic ring is 1. The molecule has 6 heteroatoms. The second kappa shape index (κ2) is 5.09. The molecule has 0 aliphatic heterocycles. The number of aromatic nitrogens is 2. The van der Waals surface area contributed by atoms with Crippen LogP contribution < -0.4 is 16.6 Å². The molecule has 1 fully saturated rings. The van der Waals surface area contributed by atoms with Crippen LogP contribution in [-0.4, -0.2) is 21.9 Å². The molecular weight excluding hydrogens is 218 g/mol. The molecule has 1 aromatic heterocycles. The van der Waals surface area contributed by atoms with Crippen LogP contribution in [0.3, 0.4) is 0 Å². The second-order valence-corrected chi connectivity index (χ2v) is 4.48. The Kier molecular flexibility index (Phi) is 3.53. The molecule has 6 nitrogen and oxygen atoms in total. The normalized spacial score (nSPS) is 16.4. The minimum Gasteiger partial charge on any atom is -0.348 e. The lowest BCUT2D eigenvalue weighted by Crippen LogP contribution is -2.33. The van der Waals surface area contributed by atoms with Crippen molar-refractivity contribution >= 4 is 11.7 Å². The first-order valence-electron chi connectivity index (χ1n) is 5.78. The van der Waals surface area contributed by atoms with E-state index in [0.29, 0.717) is 11.5 Å². The highest BCUT2D eigenvalue weighted by Gasteiger charge is 2.24. The van der Waals surface area contributed by atoms with Gasteiger partial charge in [-0.05, 0) is 19.3 Å². The number of nitrogens with one attached hydrogen (secondary N) is 2. The summed E-state index contributed by atoms with van der Waals surface area (Å²) in [6.45, 7) is 2.01. The number of amides is 1. The third-order valence-electron chi connectivity index (χ3n) is 2.79. The summed E-state index contributed by atoms with van der Waals surface area (Å²) in [7, 11) is 0. The largest absolute Gasteiger partial charge is 0.348 e. The molecule has 4 N–H and O–H groups in total. The Hall–Kier alpha value is -1.69. The van der Waals surface area contributed by atoms with Gasteiger partial charge in [-0.1, -0.05) is 12.8 Å². The molecule has 92 valence electrons. The molecule has 1 aliphatic carbocycles. The first-order chi connectivity index (χ1) is 8.19. The SMILES string of the molecule is CC(CC1CC1)NC(=O)c1cnc(NN)cn1. The molecular formula is C11H17N5O. The van der Waals surface area contributed by atoms with Gasteiger partial charge in [0.15, 0.2) is 5.82 Å². The third kappa shape index (κ3) is 3.39. The van der Waals surface area contributed by atoms with Crippen molar-refractivity contribution in [3.63, 3.8) is 0 Å². The van der Waals surface area contributed by atoms with Gasteiger partial charge in [0.05, 0.1) is 12.4 Å². The van der Waals surface area contributed by atoms with E-state index in [0.717, 1.165) is 12.3 Å². The molecule has 1 aromatic rings. The Balaban J connectivity index is 1.88. The second-order valence-electron chi connectivity index (χ2n) is 4.48. The van der Waals surface area contributed by atoms with Gasteiger partial charge in [0.25, 0.3) is 5.91 Å². The van der Waals surface area contributed by atoms with Crippen molar-refractivity contribution in [3.05, 3.63) is 18.1 Å². The van der Waals surface area contributed by atoms with Crippen molar-refractivity contribution in [1.29, 1.82) is 0 Å². The number of rotatable bonds is 5. The topological polar surface area (TPSA) is 92.9 Å². The summed E-state index contributed by atoms with van der Waals surface area (Å²) in [6.07, 6.45) is 6.46. The number of hydrogen-bond acceptors (Lipinski definition) is 5. The molecule has 17 heavy (non-hydrogen) atoms. The Morgan fingerprint density at radius 2 is 2.29 bits per heavy atom. The molecule has 0 bridgehead atoms. The van der Waals surface area contributed by atoms with Gasteiger partial charge in [0.1, 0.15) is 5.69 Å². The summed E-state index contributed by atoms with van der Waals surface area (Å²) in [5.41, 5.74) is 2.67. The van der Waals surface area contributed by atoms with E-state index in [-0.39, 0.29) is 11.9 Å². The lowest BCUT2D eigenvalue weighted by atomic mass is 10.1. The van der Waals surface area contributed by atoms with E-state index in [4.69, 9.17) is 5.84 Å². The minimum atomic E-state index is -0.186. The number of carbonyl (C=O) groups is 1. The fraction of sp³-hybridized carbons (Fsp3) is 0.545. The number of carbonyl (C=O) groups excluding carboxylic acids is 1. The summed E-state index contributed by atoms with van der Waals surface area (Å²) in [5, 5.41) is 2.91. The Labute approximate surface area is 100.0 Å². The molecule has 1 heterocycles. The average molecular weight is 235 g/mol. The van der Waals surface area contributed by atoms with Crippen molar-refractivity contribution in [2.45, 2.75) is 32.2 Å². The number of hydrogen-bond donors (Lipinski definition) is 3. The van der Waals surface area contributed by atoms with Crippen LogP contribution in [-0.2, 0) is 0 Å². The summed E-state index contributed by atoms with van der Waals surface area (Å²) >= 11 is 0. The van der Waals surface area contributed by atoms with Crippen LogP contribution in [0.2, 0.25) is 0 Å². The molecule has 0 aromatic carbocycles. The number of anilines is 1. The fourth-order valence-corrected chi connectivity index (χ4v) is 1.73. The number of hydrazine groups is 1. The molecule has 2 rings (SSSR count). The molecule has 1 saturated carbocycles. The van der Waals surface area contributed by atoms with E-state index in [2.05, 4.69) is 20.7 Å². The molecule has 1 aliphatic rings. The van der Waals surface area contributed by atoms with E-state index < -0.39 is 0 Å². The predicted octanol–water partition coefficient (Wildman–Crippen LogP) is 0.681. The first-order valence-corrected chi connectivity index (χ1v) is 5.78. The summed E-state index contributed by atoms with van der Waals surface area (Å²) in [5.74, 6) is 6.21. The van der Waals surface area contributed by atoms with E-state index >= 15 is 0 Å². The first kappa shape index (κ1) is 11.8. The lowest BCUT2D eigenvalue weighted by Gasteiger charge is -2.12. The fourth-order valence-electron chi connectivity index (χ4n) is 1.73. The smallest absolute Gasteiger partial charge is 0.271 e. The van der Waals surface area contributed by atoms with Gasteiger partial charge in [-0.15, -0.1) is 0 Å². The van der Waals surface area contributed by atoms with Crippen LogP contribution in [0, 0.1) is 5.92 Å². The Bertz CT molecular complexity index is 387. The van der Waals surface area contributed by atoms with Crippen LogP contribution in [0.1, 0.15) is 36.7 Å². The zero-order valence-electron chi connectivity index (χ0n) is 9.81. The lowest BCUT2D eigenvalue weighted by molar-refractivity contribution is 0.0932. The van der Waals surface area contributed by atoms with Crippen molar-refractivity contribution in [2.24, 2.45) is 11.8 Å². The van der Waals surface area contributed by atoms with Crippen LogP contribution in [0.15, 0.2) is 12.4 Å². The van der Waals surface area contributed by atoms with E-state index in [1.54, 1.807) is 0 Å². The summed E-state index contributed by atoms with van der Waals surface area (Å²) in [4.78, 5) is 19.7. The quantitative estimate of drug-likeness (QED) is 0.515. The third-order valence-corrected chi connectivity index (χ3v) is 2.79. The predicted molar refractivity (Wildman–Crippen MR) is 64.1 cm³/mol. The molecule has 1 unspecified atom stereocenters. The molecule has 0 radical (unpaired) electrons. The van der Waals surface area contributed by atoms with Gasteiger partial charge < -0.3 is 10.7 Å². The maximum atomic E-state index is 11.8. The number of nitrogens with zero attached hydrogens (tertiary/aromatic N) is 2. The zero-order chi connectivity index (χ0) is 12.3. The van der Waals surface area contributed by atoms with Gasteiger partial charge in [0.2, 0.25) is 0 Å². The Morgan fingerprint density at radius 3 is 2.82 bits per heavy atom. The van der Waals surface area contributed by atoms with Crippen molar-refractivity contribution < 1.29 is 4.79 Å². The monoisotopic (exact) mass is 235 g/mol. The van der Waals surface area contributed by atoms with Crippen molar-refractivity contribution in [2.75, 3.05) is 5.43 Å². The van der Waals surface area contributed by atoms with Crippen LogP contribution >= 0.6 is 0 Å². The Morgan fingerprint density at radius 1 is 1.53 bits per heavy atom.